The van der Waals surface area contributed by atoms with Gasteiger partial charge in [0.05, 0.1) is 28.3 Å². The predicted molar refractivity (Wildman–Crippen MR) is 48.4 cm³/mol. The van der Waals surface area contributed by atoms with Crippen LogP contribution in [0.2, 0.25) is 0 Å². The first-order chi connectivity index (χ1) is 5.50. The van der Waals surface area contributed by atoms with Crippen LogP contribution in [0, 0.1) is 0 Å². The van der Waals surface area contributed by atoms with E-state index in [-0.39, 0.29) is 6.17 Å². The molecule has 0 radical (unpaired) electrons. The van der Waals surface area contributed by atoms with Crippen molar-refractivity contribution >= 4 is 10.4 Å². The van der Waals surface area contributed by atoms with Crippen LogP contribution in [-0.4, -0.2) is 51.9 Å². The third kappa shape index (κ3) is 14.6. The van der Waals surface area contributed by atoms with Crippen molar-refractivity contribution in [3.8, 4) is 0 Å². The Morgan fingerprint density at radius 2 is 1.54 bits per heavy atom. The number of nitrogens with zero attached hydrogens (tertiary/aromatic N) is 1. The van der Waals surface area contributed by atoms with Gasteiger partial charge in [0, 0.05) is 6.92 Å². The van der Waals surface area contributed by atoms with Gasteiger partial charge in [-0.3, -0.25) is 9.92 Å². The number of nitrogens with two attached hydrogens (primary N) is 1. The summed E-state index contributed by atoms with van der Waals surface area (Å²) in [6, 6.07) is 0. The lowest BCUT2D eigenvalue weighted by Crippen LogP contribution is -2.48. The van der Waals surface area contributed by atoms with Crippen molar-refractivity contribution < 1.29 is 21.6 Å². The molecule has 0 aliphatic rings. The molecular formula is C6H18N2O4S. The molecular weight excluding hydrogens is 196 g/mol. The number of rotatable bonds is 2. The van der Waals surface area contributed by atoms with Crippen molar-refractivity contribution in [2.75, 3.05) is 28.3 Å². The first kappa shape index (κ1) is 15.3. The molecule has 0 spiro atoms. The second kappa shape index (κ2) is 5.51. The maximum Gasteiger partial charge on any atom is 0.217 e. The molecule has 0 aliphatic carbocycles. The van der Waals surface area contributed by atoms with Crippen molar-refractivity contribution in [2.24, 2.45) is 5.73 Å². The molecule has 0 rings (SSSR count). The molecule has 1 unspecified atom stereocenters. The van der Waals surface area contributed by atoms with Gasteiger partial charge in [-0.1, -0.05) is 0 Å². The maximum absolute atomic E-state index is 9.22. The lowest BCUT2D eigenvalue weighted by Gasteiger charge is -2.27. The van der Waals surface area contributed by atoms with E-state index in [1.54, 1.807) is 0 Å². The Balaban J connectivity index is 0. The first-order valence-electron chi connectivity index (χ1n) is 3.59. The second-order valence-electron chi connectivity index (χ2n) is 3.43. The summed E-state index contributed by atoms with van der Waals surface area (Å²) < 4.78 is 31.9. The number of quaternary nitrogens is 1. The first-order valence-corrected chi connectivity index (χ1v) is 4.92. The fraction of sp³-hybridized carbons (Fsp3) is 1.00. The minimum atomic E-state index is -4.41. The average molecular weight is 214 g/mol. The topological polar surface area (TPSA) is 92.5 Å². The highest BCUT2D eigenvalue weighted by molar-refractivity contribution is 7.80. The van der Waals surface area contributed by atoms with E-state index in [2.05, 4.69) is 25.3 Å². The van der Waals surface area contributed by atoms with Crippen LogP contribution in [0.1, 0.15) is 6.92 Å². The van der Waals surface area contributed by atoms with Crippen molar-refractivity contribution in [1.82, 2.24) is 0 Å². The average Bonchev–Trinajstić information content (AvgIpc) is 1.85. The lowest BCUT2D eigenvalue weighted by atomic mass is 10.5. The molecule has 0 aromatic heterocycles. The summed E-state index contributed by atoms with van der Waals surface area (Å²) in [6.07, 6.45) is 0.236. The normalized spacial score (nSPS) is 14.4. The summed E-state index contributed by atoms with van der Waals surface area (Å²) in [4.78, 5) is 0. The van der Waals surface area contributed by atoms with Gasteiger partial charge in [-0.25, -0.2) is 8.42 Å². The van der Waals surface area contributed by atoms with E-state index in [9.17, 15) is 13.0 Å². The van der Waals surface area contributed by atoms with Crippen molar-refractivity contribution in [1.29, 1.82) is 0 Å². The zero-order valence-corrected chi connectivity index (χ0v) is 9.46. The fourth-order valence-electron chi connectivity index (χ4n) is 0. The zero-order valence-electron chi connectivity index (χ0n) is 8.64. The summed E-state index contributed by atoms with van der Waals surface area (Å²) >= 11 is 0. The van der Waals surface area contributed by atoms with E-state index in [0.29, 0.717) is 0 Å². The zero-order chi connectivity index (χ0) is 11.3. The molecule has 0 aliphatic heterocycles. The van der Waals surface area contributed by atoms with E-state index >= 15 is 0 Å². The van der Waals surface area contributed by atoms with E-state index in [1.165, 1.54) is 0 Å². The molecule has 13 heavy (non-hydrogen) atoms. The highest BCUT2D eigenvalue weighted by atomic mass is 32.3. The van der Waals surface area contributed by atoms with E-state index in [4.69, 9.17) is 5.73 Å². The quantitative estimate of drug-likeness (QED) is 0.278. The third-order valence-corrected chi connectivity index (χ3v) is 1.83. The van der Waals surface area contributed by atoms with Crippen LogP contribution >= 0.6 is 0 Å². The van der Waals surface area contributed by atoms with E-state index in [1.807, 2.05) is 6.92 Å². The maximum atomic E-state index is 9.22. The molecule has 0 bridgehead atoms. The highest BCUT2D eigenvalue weighted by Gasteiger charge is 2.10. The Hall–Kier alpha value is -0.210. The molecule has 0 aromatic carbocycles. The smallest absolute Gasteiger partial charge is 0.217 e. The minimum Gasteiger partial charge on any atom is -0.726 e. The molecule has 7 heteroatoms. The van der Waals surface area contributed by atoms with Crippen LogP contribution in [0.25, 0.3) is 0 Å². The third-order valence-electron chi connectivity index (χ3n) is 1.43. The van der Waals surface area contributed by atoms with Crippen molar-refractivity contribution in [3.63, 3.8) is 0 Å². The standard InChI is InChI=1S/C5H15N2.CH4O4S/c1-5(6)7(2,3)4;1-5-6(2,3)4/h5H,6H2,1-4H3;1H3,(H,2,3,4)/q+1;/p-1. The lowest BCUT2D eigenvalue weighted by molar-refractivity contribution is -0.893. The van der Waals surface area contributed by atoms with Crippen LogP contribution < -0.4 is 5.73 Å². The molecule has 0 saturated heterocycles. The van der Waals surface area contributed by atoms with Crippen LogP contribution in [0.15, 0.2) is 0 Å². The Morgan fingerprint density at radius 3 is 1.54 bits per heavy atom. The van der Waals surface area contributed by atoms with Crippen molar-refractivity contribution in [2.45, 2.75) is 13.1 Å². The van der Waals surface area contributed by atoms with Gasteiger partial charge < -0.3 is 9.04 Å². The molecule has 2 N–H and O–H groups in total. The SMILES string of the molecule is CC(N)[N+](C)(C)C.COS(=O)(=O)[O-]. The summed E-state index contributed by atoms with van der Waals surface area (Å²) in [5, 5.41) is 0. The largest absolute Gasteiger partial charge is 0.726 e. The summed E-state index contributed by atoms with van der Waals surface area (Å²) in [5.74, 6) is 0. The minimum absolute atomic E-state index is 0.236. The Kier molecular flexibility index (Phi) is 6.47. The Labute approximate surface area is 79.8 Å². The van der Waals surface area contributed by atoms with Gasteiger partial charge in [-0.2, -0.15) is 0 Å². The molecule has 6 nitrogen and oxygen atoms in total. The Morgan fingerprint density at radius 1 is 1.38 bits per heavy atom. The van der Waals surface area contributed by atoms with Crippen LogP contribution in [0.5, 0.6) is 0 Å². The summed E-state index contributed by atoms with van der Waals surface area (Å²) in [5.41, 5.74) is 5.54. The molecule has 0 amide bonds. The molecule has 82 valence electrons. The van der Waals surface area contributed by atoms with E-state index in [0.717, 1.165) is 11.6 Å². The summed E-state index contributed by atoms with van der Waals surface area (Å²) in [6.45, 7) is 2.00. The fourth-order valence-corrected chi connectivity index (χ4v) is 0. The van der Waals surface area contributed by atoms with Gasteiger partial charge in [-0.15, -0.1) is 0 Å². The summed E-state index contributed by atoms with van der Waals surface area (Å²) in [7, 11) is 2.62. The van der Waals surface area contributed by atoms with Crippen molar-refractivity contribution in [3.05, 3.63) is 0 Å². The van der Waals surface area contributed by atoms with Gasteiger partial charge in [0.25, 0.3) is 0 Å². The second-order valence-corrected chi connectivity index (χ2v) is 4.58. The van der Waals surface area contributed by atoms with Gasteiger partial charge in [0.1, 0.15) is 6.17 Å². The van der Waals surface area contributed by atoms with Gasteiger partial charge >= 0.3 is 0 Å². The van der Waals surface area contributed by atoms with Crippen LogP contribution in [-0.2, 0) is 14.6 Å². The highest BCUT2D eigenvalue weighted by Crippen LogP contribution is 1.91. The molecule has 0 saturated carbocycles. The van der Waals surface area contributed by atoms with Crippen LogP contribution in [0.4, 0.5) is 0 Å². The van der Waals surface area contributed by atoms with Gasteiger partial charge in [0.2, 0.25) is 10.4 Å². The molecule has 1 atom stereocenters. The van der Waals surface area contributed by atoms with E-state index < -0.39 is 10.4 Å². The number of hydrogen-bond acceptors (Lipinski definition) is 5. The predicted octanol–water partition coefficient (Wildman–Crippen LogP) is -0.910. The molecule has 0 heterocycles. The van der Waals surface area contributed by atoms with Crippen LogP contribution in [0.3, 0.4) is 0 Å². The Bertz CT molecular complexity index is 217. The molecule has 0 aromatic rings. The van der Waals surface area contributed by atoms with Gasteiger partial charge in [0.15, 0.2) is 0 Å². The number of hydrogen-bond donors (Lipinski definition) is 1. The van der Waals surface area contributed by atoms with Gasteiger partial charge in [-0.05, 0) is 0 Å². The molecule has 0 fully saturated rings. The monoisotopic (exact) mass is 214 g/mol.